The first-order chi connectivity index (χ1) is 16.6. The quantitative estimate of drug-likeness (QED) is 0.421. The smallest absolute Gasteiger partial charge is 0.365 e. The number of rotatable bonds is 4. The van der Waals surface area contributed by atoms with Gasteiger partial charge in [0.2, 0.25) is 0 Å². The number of aryl methyl sites for hydroxylation is 1. The van der Waals surface area contributed by atoms with Crippen LogP contribution >= 0.6 is 22.9 Å². The Morgan fingerprint density at radius 2 is 1.91 bits per heavy atom. The van der Waals surface area contributed by atoms with Crippen LogP contribution in [-0.4, -0.2) is 27.8 Å². The van der Waals surface area contributed by atoms with E-state index in [0.717, 1.165) is 34.4 Å². The van der Waals surface area contributed by atoms with Gasteiger partial charge < -0.3 is 16.4 Å². The number of anilines is 2. The normalized spacial score (nSPS) is 19.4. The zero-order valence-corrected chi connectivity index (χ0v) is 19.9. The number of halogens is 4. The SMILES string of the molecule is NC(=O)c1c(NC(=O)c2nn3c(c2Cl)NC(c2ccccc2)CC3C(F)(F)F)sc2c1CCCC2. The predicted molar refractivity (Wildman–Crippen MR) is 127 cm³/mol. The Morgan fingerprint density at radius 3 is 2.60 bits per heavy atom. The number of alkyl halides is 3. The number of benzene rings is 1. The molecule has 0 bridgehead atoms. The number of nitrogens with zero attached hydrogens (tertiary/aromatic N) is 2. The van der Waals surface area contributed by atoms with Gasteiger partial charge in [-0.1, -0.05) is 41.9 Å². The first kappa shape index (κ1) is 23.7. The first-order valence-electron chi connectivity index (χ1n) is 11.1. The van der Waals surface area contributed by atoms with Gasteiger partial charge in [-0.05, 0) is 36.8 Å². The molecule has 7 nitrogen and oxygen atoms in total. The Morgan fingerprint density at radius 1 is 1.20 bits per heavy atom. The van der Waals surface area contributed by atoms with Gasteiger partial charge >= 0.3 is 6.18 Å². The molecule has 0 spiro atoms. The van der Waals surface area contributed by atoms with Gasteiger partial charge in [0.05, 0.1) is 11.6 Å². The predicted octanol–water partition coefficient (Wildman–Crippen LogP) is 5.49. The second-order valence-electron chi connectivity index (χ2n) is 8.59. The van der Waals surface area contributed by atoms with Crippen molar-refractivity contribution in [2.75, 3.05) is 10.6 Å². The van der Waals surface area contributed by atoms with Crippen LogP contribution in [0.3, 0.4) is 0 Å². The van der Waals surface area contributed by atoms with Crippen molar-refractivity contribution in [2.24, 2.45) is 5.73 Å². The van der Waals surface area contributed by atoms with E-state index in [1.54, 1.807) is 30.3 Å². The second-order valence-corrected chi connectivity index (χ2v) is 10.1. The molecule has 184 valence electrons. The highest BCUT2D eigenvalue weighted by Gasteiger charge is 2.48. The number of amides is 2. The summed E-state index contributed by atoms with van der Waals surface area (Å²) in [7, 11) is 0. The van der Waals surface area contributed by atoms with Crippen molar-refractivity contribution in [3.8, 4) is 0 Å². The molecule has 1 aliphatic carbocycles. The van der Waals surface area contributed by atoms with E-state index < -0.39 is 30.1 Å². The molecule has 35 heavy (non-hydrogen) atoms. The zero-order chi connectivity index (χ0) is 24.9. The van der Waals surface area contributed by atoms with Gasteiger partial charge in [0, 0.05) is 11.3 Å². The highest BCUT2D eigenvalue weighted by atomic mass is 35.5. The number of thiophene rings is 1. The van der Waals surface area contributed by atoms with Crippen molar-refractivity contribution in [1.82, 2.24) is 9.78 Å². The van der Waals surface area contributed by atoms with Crippen LogP contribution in [0.5, 0.6) is 0 Å². The van der Waals surface area contributed by atoms with Crippen molar-refractivity contribution in [3.63, 3.8) is 0 Å². The lowest BCUT2D eigenvalue weighted by Gasteiger charge is -2.33. The highest BCUT2D eigenvalue weighted by molar-refractivity contribution is 7.17. The van der Waals surface area contributed by atoms with Crippen LogP contribution in [0.15, 0.2) is 30.3 Å². The van der Waals surface area contributed by atoms with Crippen molar-refractivity contribution in [3.05, 3.63) is 62.6 Å². The van der Waals surface area contributed by atoms with Crippen molar-refractivity contribution >= 4 is 45.6 Å². The van der Waals surface area contributed by atoms with E-state index in [1.165, 1.54) is 11.3 Å². The van der Waals surface area contributed by atoms with E-state index in [9.17, 15) is 22.8 Å². The highest BCUT2D eigenvalue weighted by Crippen LogP contribution is 2.46. The van der Waals surface area contributed by atoms with Crippen LogP contribution in [0.2, 0.25) is 5.02 Å². The third-order valence-electron chi connectivity index (χ3n) is 6.36. The molecule has 1 aliphatic heterocycles. The molecule has 2 amide bonds. The van der Waals surface area contributed by atoms with Crippen molar-refractivity contribution < 1.29 is 22.8 Å². The van der Waals surface area contributed by atoms with Crippen LogP contribution in [0.25, 0.3) is 0 Å². The Hall–Kier alpha value is -3.05. The summed E-state index contributed by atoms with van der Waals surface area (Å²) in [5.41, 5.74) is 6.94. The number of nitrogens with one attached hydrogen (secondary N) is 2. The van der Waals surface area contributed by atoms with Gasteiger partial charge in [0.15, 0.2) is 11.7 Å². The van der Waals surface area contributed by atoms with E-state index in [4.69, 9.17) is 17.3 Å². The molecule has 3 aromatic rings. The summed E-state index contributed by atoms with van der Waals surface area (Å²) < 4.78 is 42.7. The summed E-state index contributed by atoms with van der Waals surface area (Å²) in [5, 5.41) is 9.63. The minimum atomic E-state index is -4.61. The minimum absolute atomic E-state index is 0.0835. The fourth-order valence-electron chi connectivity index (χ4n) is 4.72. The average molecular weight is 524 g/mol. The number of primary amides is 1. The second kappa shape index (κ2) is 8.87. The van der Waals surface area contributed by atoms with E-state index >= 15 is 0 Å². The molecule has 5 rings (SSSR count). The van der Waals surface area contributed by atoms with Crippen LogP contribution in [0, 0.1) is 0 Å². The molecule has 3 heterocycles. The number of carbonyl (C=O) groups excluding carboxylic acids is 2. The standard InChI is InChI=1S/C23H21ClF3N5O2S/c24-17-18(21(34)30-22-16(19(28)33)12-8-4-5-9-14(12)35-22)31-32-15(23(25,26)27)10-13(29-20(17)32)11-6-2-1-3-7-11/h1-3,6-7,13,15,29H,4-5,8-10H2,(H2,28,33)(H,30,34). The van der Waals surface area contributed by atoms with Gasteiger partial charge in [-0.15, -0.1) is 11.3 Å². The maximum absolute atomic E-state index is 14.0. The maximum atomic E-state index is 14.0. The average Bonchev–Trinajstić information content (AvgIpc) is 3.35. The molecule has 0 radical (unpaired) electrons. The topological polar surface area (TPSA) is 102 Å². The summed E-state index contributed by atoms with van der Waals surface area (Å²) in [6.45, 7) is 0. The Bertz CT molecular complexity index is 1300. The monoisotopic (exact) mass is 523 g/mol. The zero-order valence-electron chi connectivity index (χ0n) is 18.3. The third kappa shape index (κ3) is 4.27. The molecular formula is C23H21ClF3N5O2S. The maximum Gasteiger partial charge on any atom is 0.410 e. The Kier molecular flexibility index (Phi) is 6.00. The number of hydrogen-bond donors (Lipinski definition) is 3. The van der Waals surface area contributed by atoms with E-state index in [2.05, 4.69) is 15.7 Å². The first-order valence-corrected chi connectivity index (χ1v) is 12.3. The summed E-state index contributed by atoms with van der Waals surface area (Å²) in [6.07, 6.45) is -1.61. The van der Waals surface area contributed by atoms with E-state index in [0.29, 0.717) is 12.0 Å². The number of fused-ring (bicyclic) bond motifs is 2. The molecule has 2 unspecified atom stereocenters. The summed E-state index contributed by atoms with van der Waals surface area (Å²) >= 11 is 7.66. The minimum Gasteiger partial charge on any atom is -0.365 e. The van der Waals surface area contributed by atoms with Gasteiger partial charge in [-0.2, -0.15) is 18.3 Å². The number of nitrogens with two attached hydrogens (primary N) is 1. The third-order valence-corrected chi connectivity index (χ3v) is 7.92. The molecule has 4 N–H and O–H groups in total. The molecule has 0 fully saturated rings. The largest absolute Gasteiger partial charge is 0.410 e. The molecule has 12 heteroatoms. The van der Waals surface area contributed by atoms with E-state index in [-0.39, 0.29) is 33.5 Å². The molecule has 0 saturated carbocycles. The lowest BCUT2D eigenvalue weighted by atomic mass is 9.95. The molecule has 2 aromatic heterocycles. The van der Waals surface area contributed by atoms with Crippen LogP contribution < -0.4 is 16.4 Å². The summed E-state index contributed by atoms with van der Waals surface area (Å²) in [6, 6.07) is 6.05. The van der Waals surface area contributed by atoms with Crippen LogP contribution in [-0.2, 0) is 12.8 Å². The van der Waals surface area contributed by atoms with Crippen LogP contribution in [0.4, 0.5) is 24.0 Å². The number of aromatic nitrogens is 2. The van der Waals surface area contributed by atoms with Gasteiger partial charge in [-0.25, -0.2) is 4.68 Å². The fraction of sp³-hybridized carbons (Fsp3) is 0.348. The summed E-state index contributed by atoms with van der Waals surface area (Å²) in [5.74, 6) is -1.56. The van der Waals surface area contributed by atoms with Gasteiger partial charge in [0.25, 0.3) is 11.8 Å². The van der Waals surface area contributed by atoms with Gasteiger partial charge in [-0.3, -0.25) is 9.59 Å². The van der Waals surface area contributed by atoms with Crippen molar-refractivity contribution in [1.29, 1.82) is 0 Å². The lowest BCUT2D eigenvalue weighted by molar-refractivity contribution is -0.173. The lowest BCUT2D eigenvalue weighted by Crippen LogP contribution is -2.35. The molecule has 1 aromatic carbocycles. The molecule has 0 saturated heterocycles. The van der Waals surface area contributed by atoms with E-state index in [1.807, 2.05) is 0 Å². The fourth-order valence-corrected chi connectivity index (χ4v) is 6.27. The molecule has 2 atom stereocenters. The number of carbonyl (C=O) groups is 2. The molecule has 2 aliphatic rings. The number of hydrogen-bond acceptors (Lipinski definition) is 5. The van der Waals surface area contributed by atoms with Crippen LogP contribution in [0.1, 0.15) is 68.2 Å². The van der Waals surface area contributed by atoms with Crippen molar-refractivity contribution in [2.45, 2.75) is 50.4 Å². The van der Waals surface area contributed by atoms with Gasteiger partial charge in [0.1, 0.15) is 15.8 Å². The molecular weight excluding hydrogens is 503 g/mol. The Labute approximate surface area is 207 Å². The Balaban J connectivity index is 1.50. The summed E-state index contributed by atoms with van der Waals surface area (Å²) in [4.78, 5) is 26.2.